The van der Waals surface area contributed by atoms with Crippen LogP contribution in [0, 0.1) is 0 Å². The minimum Gasteiger partial charge on any atom is -0.492 e. The number of ether oxygens (including phenoxy) is 1. The quantitative estimate of drug-likeness (QED) is 0.892. The van der Waals surface area contributed by atoms with E-state index in [1.54, 1.807) is 0 Å². The van der Waals surface area contributed by atoms with Crippen molar-refractivity contribution in [1.29, 1.82) is 0 Å². The maximum absolute atomic E-state index is 5.76. The normalized spacial score (nSPS) is 15.4. The third-order valence-electron chi connectivity index (χ3n) is 3.29. The van der Waals surface area contributed by atoms with E-state index in [0.717, 1.165) is 32.0 Å². The van der Waals surface area contributed by atoms with Crippen LogP contribution >= 0.6 is 0 Å². The molecule has 0 spiro atoms. The molecule has 0 saturated heterocycles. The van der Waals surface area contributed by atoms with Gasteiger partial charge in [-0.3, -0.25) is 4.90 Å². The first-order valence-electron chi connectivity index (χ1n) is 6.45. The molecule has 1 aromatic carbocycles. The summed E-state index contributed by atoms with van der Waals surface area (Å²) in [5, 5.41) is 0. The summed E-state index contributed by atoms with van der Waals surface area (Å²) in [6, 6.07) is 12.1. The number of rotatable bonds is 2. The van der Waals surface area contributed by atoms with Gasteiger partial charge in [0.2, 0.25) is 0 Å². The van der Waals surface area contributed by atoms with Gasteiger partial charge in [0.1, 0.15) is 18.2 Å². The van der Waals surface area contributed by atoms with Crippen LogP contribution in [0.1, 0.15) is 11.1 Å². The lowest BCUT2D eigenvalue weighted by molar-refractivity contribution is 0.219. The lowest BCUT2D eigenvalue weighted by atomic mass is 10.2. The molecule has 0 radical (unpaired) electrons. The molecule has 0 saturated carbocycles. The van der Waals surface area contributed by atoms with Crippen LogP contribution in [0.25, 0.3) is 0 Å². The largest absolute Gasteiger partial charge is 0.492 e. The number of aromatic nitrogens is 1. The van der Waals surface area contributed by atoms with E-state index in [1.165, 1.54) is 11.1 Å². The predicted octanol–water partition coefficient (Wildman–Crippen LogP) is 2.06. The van der Waals surface area contributed by atoms with Crippen molar-refractivity contribution in [2.75, 3.05) is 18.9 Å². The summed E-state index contributed by atoms with van der Waals surface area (Å²) in [6.45, 7) is 3.41. The Balaban J connectivity index is 1.74. The second-order valence-electron chi connectivity index (χ2n) is 4.76. The van der Waals surface area contributed by atoms with Crippen LogP contribution < -0.4 is 10.5 Å². The standard InChI is InChI=1S/C15H17N3O/c16-15-6-5-12(9-17-15)10-18-7-8-19-14-4-2-1-3-13(14)11-18/h1-6,9H,7-8,10-11H2,(H2,16,17). The van der Waals surface area contributed by atoms with Crippen molar-refractivity contribution in [2.24, 2.45) is 0 Å². The molecule has 2 aromatic rings. The fourth-order valence-corrected chi connectivity index (χ4v) is 2.30. The number of fused-ring (bicyclic) bond motifs is 1. The lowest BCUT2D eigenvalue weighted by Gasteiger charge is -2.19. The molecule has 2 N–H and O–H groups in total. The van der Waals surface area contributed by atoms with E-state index in [9.17, 15) is 0 Å². The third-order valence-corrected chi connectivity index (χ3v) is 3.29. The average molecular weight is 255 g/mol. The fourth-order valence-electron chi connectivity index (χ4n) is 2.30. The van der Waals surface area contributed by atoms with Gasteiger partial charge in [0.05, 0.1) is 0 Å². The molecule has 2 heterocycles. The molecular formula is C15H17N3O. The monoisotopic (exact) mass is 255 g/mol. The van der Waals surface area contributed by atoms with Gasteiger partial charge in [0.25, 0.3) is 0 Å². The molecule has 3 rings (SSSR count). The van der Waals surface area contributed by atoms with Crippen LogP contribution in [0.15, 0.2) is 42.6 Å². The van der Waals surface area contributed by atoms with E-state index in [1.807, 2.05) is 30.5 Å². The van der Waals surface area contributed by atoms with Crippen molar-refractivity contribution in [2.45, 2.75) is 13.1 Å². The lowest BCUT2D eigenvalue weighted by Crippen LogP contribution is -2.25. The molecular weight excluding hydrogens is 238 g/mol. The highest BCUT2D eigenvalue weighted by Crippen LogP contribution is 2.23. The molecule has 1 aliphatic rings. The summed E-state index contributed by atoms with van der Waals surface area (Å²) in [5.41, 5.74) is 8.02. The number of hydrogen-bond acceptors (Lipinski definition) is 4. The van der Waals surface area contributed by atoms with Gasteiger partial charge in [-0.25, -0.2) is 4.98 Å². The number of pyridine rings is 1. The van der Waals surface area contributed by atoms with Crippen molar-refractivity contribution in [3.63, 3.8) is 0 Å². The molecule has 1 aliphatic heterocycles. The van der Waals surface area contributed by atoms with Crippen molar-refractivity contribution >= 4 is 5.82 Å². The Labute approximate surface area is 112 Å². The number of anilines is 1. The summed E-state index contributed by atoms with van der Waals surface area (Å²) in [5.74, 6) is 1.56. The zero-order valence-corrected chi connectivity index (χ0v) is 10.7. The van der Waals surface area contributed by atoms with E-state index in [2.05, 4.69) is 22.0 Å². The molecule has 4 heteroatoms. The maximum atomic E-state index is 5.76. The number of nitrogen functional groups attached to an aromatic ring is 1. The van der Waals surface area contributed by atoms with E-state index in [4.69, 9.17) is 10.5 Å². The molecule has 98 valence electrons. The predicted molar refractivity (Wildman–Crippen MR) is 74.7 cm³/mol. The zero-order chi connectivity index (χ0) is 13.1. The van der Waals surface area contributed by atoms with Crippen molar-refractivity contribution in [3.05, 3.63) is 53.7 Å². The van der Waals surface area contributed by atoms with Crippen LogP contribution in [-0.4, -0.2) is 23.0 Å². The topological polar surface area (TPSA) is 51.4 Å². The molecule has 19 heavy (non-hydrogen) atoms. The zero-order valence-electron chi connectivity index (χ0n) is 10.7. The maximum Gasteiger partial charge on any atom is 0.123 e. The molecule has 0 atom stereocenters. The Morgan fingerprint density at radius 2 is 2.11 bits per heavy atom. The summed E-state index contributed by atoms with van der Waals surface area (Å²) >= 11 is 0. The van der Waals surface area contributed by atoms with Crippen LogP contribution in [0.4, 0.5) is 5.82 Å². The first kappa shape index (κ1) is 12.0. The summed E-state index contributed by atoms with van der Waals surface area (Å²) in [7, 11) is 0. The minimum absolute atomic E-state index is 0.563. The Hall–Kier alpha value is -2.07. The molecule has 0 bridgehead atoms. The average Bonchev–Trinajstić information content (AvgIpc) is 2.63. The molecule has 0 fully saturated rings. The van der Waals surface area contributed by atoms with Gasteiger partial charge in [0, 0.05) is 31.4 Å². The molecule has 1 aromatic heterocycles. The second kappa shape index (κ2) is 5.28. The first-order chi connectivity index (χ1) is 9.31. The minimum atomic E-state index is 0.563. The molecule has 0 unspecified atom stereocenters. The van der Waals surface area contributed by atoms with Crippen LogP contribution in [0.3, 0.4) is 0 Å². The SMILES string of the molecule is Nc1ccc(CN2CCOc3ccccc3C2)cn1. The molecule has 0 aliphatic carbocycles. The highest BCUT2D eigenvalue weighted by atomic mass is 16.5. The van der Waals surface area contributed by atoms with Crippen molar-refractivity contribution < 1.29 is 4.74 Å². The van der Waals surface area contributed by atoms with Crippen LogP contribution in [0.5, 0.6) is 5.75 Å². The van der Waals surface area contributed by atoms with Gasteiger partial charge in [-0.1, -0.05) is 24.3 Å². The van der Waals surface area contributed by atoms with E-state index >= 15 is 0 Å². The molecule has 4 nitrogen and oxygen atoms in total. The highest BCUT2D eigenvalue weighted by Gasteiger charge is 2.14. The Kier molecular flexibility index (Phi) is 3.33. The summed E-state index contributed by atoms with van der Waals surface area (Å²) < 4.78 is 5.76. The van der Waals surface area contributed by atoms with Gasteiger partial charge in [0.15, 0.2) is 0 Å². The van der Waals surface area contributed by atoms with Gasteiger partial charge >= 0.3 is 0 Å². The Morgan fingerprint density at radius 3 is 2.95 bits per heavy atom. The van der Waals surface area contributed by atoms with Gasteiger partial charge in [-0.15, -0.1) is 0 Å². The van der Waals surface area contributed by atoms with Crippen LogP contribution in [0.2, 0.25) is 0 Å². The van der Waals surface area contributed by atoms with Crippen LogP contribution in [-0.2, 0) is 13.1 Å². The van der Waals surface area contributed by atoms with Gasteiger partial charge in [-0.2, -0.15) is 0 Å². The third kappa shape index (κ3) is 2.85. The Bertz CT molecular complexity index is 554. The Morgan fingerprint density at radius 1 is 1.21 bits per heavy atom. The van der Waals surface area contributed by atoms with Gasteiger partial charge < -0.3 is 10.5 Å². The van der Waals surface area contributed by atoms with Crippen molar-refractivity contribution in [3.8, 4) is 5.75 Å². The number of hydrogen-bond donors (Lipinski definition) is 1. The number of benzene rings is 1. The summed E-state index contributed by atoms with van der Waals surface area (Å²) in [4.78, 5) is 6.49. The van der Waals surface area contributed by atoms with E-state index < -0.39 is 0 Å². The van der Waals surface area contributed by atoms with E-state index in [-0.39, 0.29) is 0 Å². The second-order valence-corrected chi connectivity index (χ2v) is 4.76. The van der Waals surface area contributed by atoms with Crippen molar-refractivity contribution in [1.82, 2.24) is 9.88 Å². The van der Waals surface area contributed by atoms with E-state index in [0.29, 0.717) is 5.82 Å². The number of nitrogens with zero attached hydrogens (tertiary/aromatic N) is 2. The fraction of sp³-hybridized carbons (Fsp3) is 0.267. The number of para-hydroxylation sites is 1. The highest BCUT2D eigenvalue weighted by molar-refractivity contribution is 5.34. The summed E-state index contributed by atoms with van der Waals surface area (Å²) in [6.07, 6.45) is 1.84. The smallest absolute Gasteiger partial charge is 0.123 e. The number of nitrogens with two attached hydrogens (primary N) is 1. The molecule has 0 amide bonds. The first-order valence-corrected chi connectivity index (χ1v) is 6.45. The van der Waals surface area contributed by atoms with Gasteiger partial charge in [-0.05, 0) is 17.7 Å².